The van der Waals surface area contributed by atoms with Crippen molar-refractivity contribution in [3.63, 3.8) is 0 Å². The van der Waals surface area contributed by atoms with Crippen molar-refractivity contribution in [1.82, 2.24) is 30.7 Å². The Balaban J connectivity index is 1.26. The van der Waals surface area contributed by atoms with Crippen LogP contribution >= 0.6 is 0 Å². The topological polar surface area (TPSA) is 101 Å². The number of urea groups is 1. The van der Waals surface area contributed by atoms with Gasteiger partial charge in [-0.25, -0.2) is 14.5 Å². The second kappa shape index (κ2) is 11.2. The van der Waals surface area contributed by atoms with Crippen molar-refractivity contribution in [1.29, 1.82) is 0 Å². The molecule has 8 nitrogen and oxygen atoms in total. The molecule has 0 saturated heterocycles. The Morgan fingerprint density at radius 2 is 1.79 bits per heavy atom. The van der Waals surface area contributed by atoms with Crippen molar-refractivity contribution in [2.45, 2.75) is 64.1 Å². The lowest BCUT2D eigenvalue weighted by atomic mass is 9.96. The Morgan fingerprint density at radius 3 is 2.52 bits per heavy atom. The van der Waals surface area contributed by atoms with Crippen molar-refractivity contribution in [3.8, 4) is 0 Å². The van der Waals surface area contributed by atoms with Crippen LogP contribution in [0.4, 0.5) is 4.79 Å². The second-order valence-corrected chi connectivity index (χ2v) is 7.53. The highest BCUT2D eigenvalue weighted by atomic mass is 16.2. The lowest BCUT2D eigenvalue weighted by Crippen LogP contribution is -2.43. The quantitative estimate of drug-likeness (QED) is 0.565. The molecule has 8 heteroatoms. The summed E-state index contributed by atoms with van der Waals surface area (Å²) in [6, 6.07) is 8.24. The van der Waals surface area contributed by atoms with Crippen molar-refractivity contribution < 1.29 is 9.59 Å². The molecule has 0 bridgehead atoms. The zero-order valence-electron chi connectivity index (χ0n) is 16.8. The molecule has 29 heavy (non-hydrogen) atoms. The number of hydrogen-bond donors (Lipinski definition) is 3. The summed E-state index contributed by atoms with van der Waals surface area (Å²) >= 11 is 0. The van der Waals surface area contributed by atoms with Crippen molar-refractivity contribution in [2.75, 3.05) is 6.54 Å². The minimum absolute atomic E-state index is 0.00817. The van der Waals surface area contributed by atoms with E-state index in [0.29, 0.717) is 38.5 Å². The minimum Gasteiger partial charge on any atom is -0.352 e. The van der Waals surface area contributed by atoms with Crippen molar-refractivity contribution >= 4 is 11.9 Å². The van der Waals surface area contributed by atoms with E-state index in [0.717, 1.165) is 24.0 Å². The summed E-state index contributed by atoms with van der Waals surface area (Å²) in [7, 11) is 0. The van der Waals surface area contributed by atoms with E-state index in [9.17, 15) is 9.59 Å². The molecule has 0 atom stereocenters. The third-order valence-corrected chi connectivity index (χ3v) is 5.13. The molecule has 1 aromatic carbocycles. The van der Waals surface area contributed by atoms with Gasteiger partial charge in [0.15, 0.2) is 0 Å². The molecule has 1 aromatic heterocycles. The number of amides is 3. The van der Waals surface area contributed by atoms with Gasteiger partial charge in [0, 0.05) is 25.6 Å². The monoisotopic (exact) mass is 398 g/mol. The number of nitrogens with zero attached hydrogens (tertiary/aromatic N) is 3. The van der Waals surface area contributed by atoms with E-state index in [2.05, 4.69) is 26.0 Å². The molecule has 1 fully saturated rings. The number of benzene rings is 1. The Kier molecular flexibility index (Phi) is 8.03. The fourth-order valence-electron chi connectivity index (χ4n) is 3.49. The first-order valence-corrected chi connectivity index (χ1v) is 10.4. The predicted octanol–water partition coefficient (Wildman–Crippen LogP) is 2.35. The molecule has 3 amide bonds. The van der Waals surface area contributed by atoms with Crippen LogP contribution in [-0.2, 0) is 17.9 Å². The van der Waals surface area contributed by atoms with Gasteiger partial charge < -0.3 is 16.0 Å². The van der Waals surface area contributed by atoms with E-state index >= 15 is 0 Å². The van der Waals surface area contributed by atoms with Crippen LogP contribution < -0.4 is 16.0 Å². The molecule has 1 saturated carbocycles. The van der Waals surface area contributed by atoms with Gasteiger partial charge in [-0.3, -0.25) is 4.79 Å². The van der Waals surface area contributed by atoms with Crippen LogP contribution in [0.1, 0.15) is 56.1 Å². The van der Waals surface area contributed by atoms with Crippen LogP contribution in [0.5, 0.6) is 0 Å². The predicted molar refractivity (Wildman–Crippen MR) is 110 cm³/mol. The smallest absolute Gasteiger partial charge is 0.315 e. The highest BCUT2D eigenvalue weighted by Crippen LogP contribution is 2.17. The molecular weight excluding hydrogens is 368 g/mol. The van der Waals surface area contributed by atoms with Gasteiger partial charge in [-0.05, 0) is 30.4 Å². The zero-order chi connectivity index (χ0) is 20.3. The average Bonchev–Trinajstić information content (AvgIpc) is 3.24. The third-order valence-electron chi connectivity index (χ3n) is 5.13. The van der Waals surface area contributed by atoms with Crippen LogP contribution in [0.2, 0.25) is 0 Å². The SMILES string of the molecule is O=C(CCCNC(=O)NC1CCCCC1)NCc1ccc(Cn2cncn2)cc1. The minimum atomic E-state index is -0.122. The Bertz CT molecular complexity index is 754. The maximum Gasteiger partial charge on any atom is 0.315 e. The molecule has 1 aliphatic rings. The molecule has 3 N–H and O–H groups in total. The largest absolute Gasteiger partial charge is 0.352 e. The molecule has 0 unspecified atom stereocenters. The van der Waals surface area contributed by atoms with E-state index in [1.165, 1.54) is 25.6 Å². The van der Waals surface area contributed by atoms with Gasteiger partial charge in [-0.2, -0.15) is 5.10 Å². The van der Waals surface area contributed by atoms with Crippen LogP contribution in [-0.4, -0.2) is 39.3 Å². The van der Waals surface area contributed by atoms with Crippen LogP contribution in [0.3, 0.4) is 0 Å². The standard InChI is InChI=1S/C21H30N6O2/c28-20(7-4-12-23-21(29)26-19-5-2-1-3-6-19)24-13-17-8-10-18(11-9-17)14-27-16-22-15-25-27/h8-11,15-16,19H,1-7,12-14H2,(H,24,28)(H2,23,26,29). The first-order chi connectivity index (χ1) is 14.2. The highest BCUT2D eigenvalue weighted by Gasteiger charge is 2.15. The first kappa shape index (κ1) is 20.8. The molecule has 2 aromatic rings. The lowest BCUT2D eigenvalue weighted by Gasteiger charge is -2.22. The second-order valence-electron chi connectivity index (χ2n) is 7.53. The number of nitrogens with one attached hydrogen (secondary N) is 3. The average molecular weight is 399 g/mol. The zero-order valence-corrected chi connectivity index (χ0v) is 16.8. The summed E-state index contributed by atoms with van der Waals surface area (Å²) in [4.78, 5) is 27.8. The van der Waals surface area contributed by atoms with Gasteiger partial charge in [0.1, 0.15) is 12.7 Å². The van der Waals surface area contributed by atoms with Crippen LogP contribution in [0.25, 0.3) is 0 Å². The molecule has 3 rings (SSSR count). The highest BCUT2D eigenvalue weighted by molar-refractivity contribution is 5.76. The fraction of sp³-hybridized carbons (Fsp3) is 0.524. The molecule has 1 aliphatic carbocycles. The Hall–Kier alpha value is -2.90. The fourth-order valence-corrected chi connectivity index (χ4v) is 3.49. The van der Waals surface area contributed by atoms with Gasteiger partial charge in [0.05, 0.1) is 6.54 Å². The maximum absolute atomic E-state index is 12.0. The number of rotatable bonds is 9. The van der Waals surface area contributed by atoms with E-state index in [4.69, 9.17) is 0 Å². The molecule has 0 aliphatic heterocycles. The summed E-state index contributed by atoms with van der Waals surface area (Å²) in [5.74, 6) is -0.00817. The van der Waals surface area contributed by atoms with Crippen LogP contribution in [0, 0.1) is 0 Å². The van der Waals surface area contributed by atoms with Crippen molar-refractivity contribution in [2.24, 2.45) is 0 Å². The summed E-state index contributed by atoms with van der Waals surface area (Å²) < 4.78 is 1.76. The molecule has 156 valence electrons. The molecule has 0 radical (unpaired) electrons. The van der Waals surface area contributed by atoms with Gasteiger partial charge in [-0.1, -0.05) is 43.5 Å². The van der Waals surface area contributed by atoms with Gasteiger partial charge in [0.2, 0.25) is 5.91 Å². The van der Waals surface area contributed by atoms with E-state index in [-0.39, 0.29) is 11.9 Å². The molecule has 0 spiro atoms. The summed E-state index contributed by atoms with van der Waals surface area (Å²) in [6.07, 6.45) is 10.0. The van der Waals surface area contributed by atoms with Crippen LogP contribution in [0.15, 0.2) is 36.9 Å². The Labute approximate surface area is 171 Å². The molecule has 1 heterocycles. The van der Waals surface area contributed by atoms with Crippen molar-refractivity contribution in [3.05, 3.63) is 48.0 Å². The number of carbonyl (C=O) groups excluding carboxylic acids is 2. The summed E-state index contributed by atoms with van der Waals surface area (Å²) in [6.45, 7) is 1.68. The first-order valence-electron chi connectivity index (χ1n) is 10.4. The maximum atomic E-state index is 12.0. The van der Waals surface area contributed by atoms with E-state index in [1.807, 2.05) is 24.3 Å². The summed E-state index contributed by atoms with van der Waals surface area (Å²) in [5.41, 5.74) is 2.17. The normalized spacial score (nSPS) is 14.3. The summed E-state index contributed by atoms with van der Waals surface area (Å²) in [5, 5.41) is 12.9. The number of carbonyl (C=O) groups is 2. The van der Waals surface area contributed by atoms with Gasteiger partial charge >= 0.3 is 6.03 Å². The van der Waals surface area contributed by atoms with Gasteiger partial charge in [0.25, 0.3) is 0 Å². The molecular formula is C21H30N6O2. The van der Waals surface area contributed by atoms with E-state index < -0.39 is 0 Å². The number of aromatic nitrogens is 3. The lowest BCUT2D eigenvalue weighted by molar-refractivity contribution is -0.121. The Morgan fingerprint density at radius 1 is 1.03 bits per heavy atom. The third kappa shape index (κ3) is 7.56. The van der Waals surface area contributed by atoms with Gasteiger partial charge in [-0.15, -0.1) is 0 Å². The number of hydrogen-bond acceptors (Lipinski definition) is 4. The van der Waals surface area contributed by atoms with E-state index in [1.54, 1.807) is 11.0 Å².